The Morgan fingerprint density at radius 2 is 2.12 bits per heavy atom. The second kappa shape index (κ2) is 6.79. The molecule has 138 valence electrons. The minimum absolute atomic E-state index is 0.0691. The van der Waals surface area contributed by atoms with E-state index in [2.05, 4.69) is 20.3 Å². The highest BCUT2D eigenvalue weighted by atomic mass is 16.5. The molecule has 0 unspecified atom stereocenters. The summed E-state index contributed by atoms with van der Waals surface area (Å²) in [7, 11) is 0. The third-order valence-electron chi connectivity index (χ3n) is 5.86. The lowest BCUT2D eigenvalue weighted by Crippen LogP contribution is -2.45. The third-order valence-corrected chi connectivity index (χ3v) is 5.86. The molecule has 7 heteroatoms. The average Bonchev–Trinajstić information content (AvgIpc) is 3.20. The van der Waals surface area contributed by atoms with Crippen molar-refractivity contribution in [2.24, 2.45) is 5.41 Å². The molecule has 4 heterocycles. The van der Waals surface area contributed by atoms with Crippen LogP contribution >= 0.6 is 0 Å². The van der Waals surface area contributed by atoms with E-state index in [0.29, 0.717) is 5.56 Å². The fourth-order valence-corrected chi connectivity index (χ4v) is 4.44. The standard InChI is InChI=1S/C19H25N5O2/c1-14-17(15(2)26-22-14)11-23-8-3-5-19(12-23)6-9-24(13-19)18(25)16-4-7-20-21-10-16/h4,7,10H,3,5-6,8-9,11-13H2,1-2H3/t19-/m0/s1. The minimum atomic E-state index is 0.0691. The smallest absolute Gasteiger partial charge is 0.255 e. The van der Waals surface area contributed by atoms with Gasteiger partial charge in [0.25, 0.3) is 5.91 Å². The molecule has 4 rings (SSSR count). The first-order chi connectivity index (χ1) is 12.6. The third kappa shape index (κ3) is 3.23. The van der Waals surface area contributed by atoms with Crippen LogP contribution in [-0.2, 0) is 6.54 Å². The highest BCUT2D eigenvalue weighted by Crippen LogP contribution is 2.40. The predicted octanol–water partition coefficient (Wildman–Crippen LogP) is 2.21. The SMILES string of the molecule is Cc1noc(C)c1CN1CCC[C@]2(CCN(C(=O)c3ccnnc3)C2)C1. The van der Waals surface area contributed by atoms with E-state index in [9.17, 15) is 4.79 Å². The van der Waals surface area contributed by atoms with E-state index >= 15 is 0 Å². The molecule has 0 N–H and O–H groups in total. The van der Waals surface area contributed by atoms with Crippen LogP contribution in [0.2, 0.25) is 0 Å². The molecular weight excluding hydrogens is 330 g/mol. The molecule has 2 aromatic rings. The van der Waals surface area contributed by atoms with E-state index < -0.39 is 0 Å². The number of hydrogen-bond donors (Lipinski definition) is 0. The molecular formula is C19H25N5O2. The number of rotatable bonds is 3. The van der Waals surface area contributed by atoms with Crippen molar-refractivity contribution in [3.05, 3.63) is 41.0 Å². The van der Waals surface area contributed by atoms with Gasteiger partial charge in [0.15, 0.2) is 0 Å². The summed E-state index contributed by atoms with van der Waals surface area (Å²) in [6, 6.07) is 1.74. The average molecular weight is 355 g/mol. The molecule has 0 bridgehead atoms. The molecule has 1 spiro atoms. The highest BCUT2D eigenvalue weighted by molar-refractivity contribution is 5.94. The van der Waals surface area contributed by atoms with Crippen molar-refractivity contribution in [1.29, 1.82) is 0 Å². The Balaban J connectivity index is 1.43. The summed E-state index contributed by atoms with van der Waals surface area (Å²) in [4.78, 5) is 17.2. The summed E-state index contributed by atoms with van der Waals surface area (Å²) < 4.78 is 5.31. The van der Waals surface area contributed by atoms with Gasteiger partial charge in [-0.05, 0) is 45.7 Å². The molecule has 0 radical (unpaired) electrons. The lowest BCUT2D eigenvalue weighted by atomic mass is 9.79. The highest BCUT2D eigenvalue weighted by Gasteiger charge is 2.43. The number of piperidine rings is 1. The first-order valence-corrected chi connectivity index (χ1v) is 9.26. The van der Waals surface area contributed by atoms with Crippen molar-refractivity contribution in [2.45, 2.75) is 39.7 Å². The van der Waals surface area contributed by atoms with E-state index in [4.69, 9.17) is 4.52 Å². The van der Waals surface area contributed by atoms with Gasteiger partial charge in [0.2, 0.25) is 0 Å². The summed E-state index contributed by atoms with van der Waals surface area (Å²) >= 11 is 0. The number of hydrogen-bond acceptors (Lipinski definition) is 6. The molecule has 2 aliphatic heterocycles. The van der Waals surface area contributed by atoms with Crippen LogP contribution in [0.5, 0.6) is 0 Å². The van der Waals surface area contributed by atoms with Gasteiger partial charge < -0.3 is 9.42 Å². The summed E-state index contributed by atoms with van der Waals surface area (Å²) in [6.07, 6.45) is 6.55. The van der Waals surface area contributed by atoms with Gasteiger partial charge in [-0.15, -0.1) is 0 Å². The molecule has 26 heavy (non-hydrogen) atoms. The van der Waals surface area contributed by atoms with Crippen LogP contribution in [0.25, 0.3) is 0 Å². The molecule has 0 aliphatic carbocycles. The monoisotopic (exact) mass is 355 g/mol. The molecule has 2 aromatic heterocycles. The van der Waals surface area contributed by atoms with Gasteiger partial charge in [-0.3, -0.25) is 9.69 Å². The normalized spacial score (nSPS) is 23.7. The van der Waals surface area contributed by atoms with Crippen LogP contribution in [0.4, 0.5) is 0 Å². The van der Waals surface area contributed by atoms with Gasteiger partial charge in [-0.25, -0.2) is 0 Å². The van der Waals surface area contributed by atoms with Gasteiger partial charge >= 0.3 is 0 Å². The van der Waals surface area contributed by atoms with E-state index in [1.54, 1.807) is 18.5 Å². The van der Waals surface area contributed by atoms with Gasteiger partial charge in [0.05, 0.1) is 23.7 Å². The second-order valence-electron chi connectivity index (χ2n) is 7.72. The number of carbonyl (C=O) groups is 1. The van der Waals surface area contributed by atoms with Crippen LogP contribution in [-0.4, -0.2) is 57.2 Å². The van der Waals surface area contributed by atoms with Gasteiger partial charge in [0.1, 0.15) is 5.76 Å². The number of carbonyl (C=O) groups excluding carboxylic acids is 1. The molecule has 1 amide bonds. The summed E-state index contributed by atoms with van der Waals surface area (Å²) in [5, 5.41) is 11.7. The zero-order valence-electron chi connectivity index (χ0n) is 15.4. The Morgan fingerprint density at radius 1 is 1.23 bits per heavy atom. The summed E-state index contributed by atoms with van der Waals surface area (Å²) in [5.41, 5.74) is 3.01. The van der Waals surface area contributed by atoms with Gasteiger partial charge in [-0.1, -0.05) is 5.16 Å². The van der Waals surface area contributed by atoms with Crippen LogP contribution in [0, 0.1) is 19.3 Å². The number of aromatic nitrogens is 3. The molecule has 2 aliphatic rings. The van der Waals surface area contributed by atoms with Crippen molar-refractivity contribution < 1.29 is 9.32 Å². The Kier molecular flexibility index (Phi) is 4.48. The minimum Gasteiger partial charge on any atom is -0.361 e. The Labute approximate surface area is 153 Å². The van der Waals surface area contributed by atoms with Crippen molar-refractivity contribution >= 4 is 5.91 Å². The van der Waals surface area contributed by atoms with Crippen molar-refractivity contribution in [2.75, 3.05) is 26.2 Å². The zero-order valence-corrected chi connectivity index (χ0v) is 15.4. The fraction of sp³-hybridized carbons (Fsp3) is 0.579. The molecule has 7 nitrogen and oxygen atoms in total. The summed E-state index contributed by atoms with van der Waals surface area (Å²) in [5.74, 6) is 0.982. The quantitative estimate of drug-likeness (QED) is 0.840. The molecule has 1 atom stereocenters. The van der Waals surface area contributed by atoms with Crippen molar-refractivity contribution in [3.63, 3.8) is 0 Å². The predicted molar refractivity (Wildman–Crippen MR) is 95.5 cm³/mol. The van der Waals surface area contributed by atoms with Crippen molar-refractivity contribution in [3.8, 4) is 0 Å². The largest absolute Gasteiger partial charge is 0.361 e. The molecule has 2 fully saturated rings. The van der Waals surface area contributed by atoms with Crippen LogP contribution in [0.1, 0.15) is 46.6 Å². The van der Waals surface area contributed by atoms with Crippen LogP contribution in [0.15, 0.2) is 23.0 Å². The van der Waals surface area contributed by atoms with Crippen molar-refractivity contribution in [1.82, 2.24) is 25.2 Å². The number of amides is 1. The summed E-state index contributed by atoms with van der Waals surface area (Å²) in [6.45, 7) is 8.62. The lowest BCUT2D eigenvalue weighted by Gasteiger charge is -2.40. The Morgan fingerprint density at radius 3 is 2.85 bits per heavy atom. The van der Waals surface area contributed by atoms with E-state index in [0.717, 1.165) is 50.6 Å². The maximum Gasteiger partial charge on any atom is 0.255 e. The van der Waals surface area contributed by atoms with Gasteiger partial charge in [-0.2, -0.15) is 10.2 Å². The number of nitrogens with zero attached hydrogens (tertiary/aromatic N) is 5. The van der Waals surface area contributed by atoms with E-state index in [1.165, 1.54) is 18.4 Å². The van der Waals surface area contributed by atoms with Gasteiger partial charge in [0, 0.05) is 37.2 Å². The number of aryl methyl sites for hydroxylation is 2. The topological polar surface area (TPSA) is 75.4 Å². The lowest BCUT2D eigenvalue weighted by molar-refractivity contribution is 0.0674. The van der Waals surface area contributed by atoms with Crippen LogP contribution < -0.4 is 0 Å². The second-order valence-corrected chi connectivity index (χ2v) is 7.72. The first-order valence-electron chi connectivity index (χ1n) is 9.26. The Hall–Kier alpha value is -2.28. The maximum atomic E-state index is 12.7. The molecule has 2 saturated heterocycles. The molecule has 0 saturated carbocycles. The van der Waals surface area contributed by atoms with E-state index in [-0.39, 0.29) is 11.3 Å². The zero-order chi connectivity index (χ0) is 18.1. The number of likely N-dealkylation sites (tertiary alicyclic amines) is 2. The molecule has 0 aromatic carbocycles. The van der Waals surface area contributed by atoms with E-state index in [1.807, 2.05) is 18.7 Å². The first kappa shape index (κ1) is 17.1. The maximum absolute atomic E-state index is 12.7. The van der Waals surface area contributed by atoms with Crippen LogP contribution in [0.3, 0.4) is 0 Å². The fourth-order valence-electron chi connectivity index (χ4n) is 4.44. The Bertz CT molecular complexity index is 771.